The fraction of sp³-hybridized carbons (Fsp3) is 0.773. The third kappa shape index (κ3) is 5.81. The standard InChI is InChI=1S/C22H37BrN2O6Si/c1-10-15-16(31-32(8,9)22(5,6)7)11-17(29-15)24-13-14(12-23)18(26)25(19(24)27)20(28)30-21(2,3)4/h13,15-17H,10-12H2,1-9H3/t15-,16?,17-/m1/s1. The van der Waals surface area contributed by atoms with Gasteiger partial charge in [-0.05, 0) is 45.3 Å². The van der Waals surface area contributed by atoms with Gasteiger partial charge in [-0.1, -0.05) is 43.6 Å². The molecule has 1 aromatic heterocycles. The van der Waals surface area contributed by atoms with Crippen molar-refractivity contribution in [1.82, 2.24) is 9.13 Å². The van der Waals surface area contributed by atoms with Crippen LogP contribution < -0.4 is 11.2 Å². The number of halogens is 1. The second-order valence-electron chi connectivity index (χ2n) is 10.8. The molecule has 0 aliphatic carbocycles. The maximum absolute atomic E-state index is 13.2. The molecule has 0 N–H and O–H groups in total. The van der Waals surface area contributed by atoms with E-state index < -0.39 is 37.5 Å². The molecule has 0 aromatic carbocycles. The van der Waals surface area contributed by atoms with Crippen molar-refractivity contribution in [2.75, 3.05) is 0 Å². The number of hydrogen-bond donors (Lipinski definition) is 0. The summed E-state index contributed by atoms with van der Waals surface area (Å²) >= 11 is 3.28. The molecule has 0 amide bonds. The number of alkyl halides is 1. The van der Waals surface area contributed by atoms with Crippen molar-refractivity contribution in [2.45, 2.75) is 109 Å². The smallest absolute Gasteiger partial charge is 0.425 e. The minimum atomic E-state index is -2.06. The molecule has 1 saturated heterocycles. The van der Waals surface area contributed by atoms with E-state index in [2.05, 4.69) is 49.8 Å². The third-order valence-corrected chi connectivity index (χ3v) is 11.2. The van der Waals surface area contributed by atoms with Gasteiger partial charge in [-0.3, -0.25) is 9.36 Å². The fourth-order valence-corrected chi connectivity index (χ4v) is 5.05. The molecule has 1 fully saturated rings. The second kappa shape index (κ2) is 9.56. The van der Waals surface area contributed by atoms with Gasteiger partial charge in [0.2, 0.25) is 0 Å². The number of aromatic nitrogens is 2. The molecule has 1 aromatic rings. The van der Waals surface area contributed by atoms with Crippen LogP contribution in [0.4, 0.5) is 4.79 Å². The van der Waals surface area contributed by atoms with Gasteiger partial charge in [0.05, 0.1) is 12.2 Å². The van der Waals surface area contributed by atoms with Crippen molar-refractivity contribution in [3.8, 4) is 0 Å². The fourth-order valence-electron chi connectivity index (χ4n) is 3.30. The van der Waals surface area contributed by atoms with Crippen LogP contribution in [0.3, 0.4) is 0 Å². The summed E-state index contributed by atoms with van der Waals surface area (Å²) in [6.07, 6.45) is 0.646. The van der Waals surface area contributed by atoms with E-state index in [4.69, 9.17) is 13.9 Å². The van der Waals surface area contributed by atoms with Gasteiger partial charge in [-0.15, -0.1) is 0 Å². The summed E-state index contributed by atoms with van der Waals surface area (Å²) in [5.74, 6) is 0. The molecule has 3 atom stereocenters. The summed E-state index contributed by atoms with van der Waals surface area (Å²) < 4.78 is 20.0. The summed E-state index contributed by atoms with van der Waals surface area (Å²) in [6.45, 7) is 18.0. The molecular formula is C22H37BrN2O6Si. The zero-order valence-corrected chi connectivity index (χ0v) is 23.2. The van der Waals surface area contributed by atoms with Crippen molar-refractivity contribution >= 4 is 30.3 Å². The minimum absolute atomic E-state index is 0.0350. The van der Waals surface area contributed by atoms with Gasteiger partial charge in [-0.25, -0.2) is 9.59 Å². The highest BCUT2D eigenvalue weighted by Crippen LogP contribution is 2.41. The van der Waals surface area contributed by atoms with E-state index in [0.717, 1.165) is 6.42 Å². The summed E-state index contributed by atoms with van der Waals surface area (Å²) in [6, 6.07) is 0. The molecule has 0 radical (unpaired) electrons. The van der Waals surface area contributed by atoms with Crippen molar-refractivity contribution in [2.24, 2.45) is 0 Å². The van der Waals surface area contributed by atoms with Crippen LogP contribution in [-0.2, 0) is 19.2 Å². The summed E-state index contributed by atoms with van der Waals surface area (Å²) in [7, 11) is -2.06. The molecule has 0 bridgehead atoms. The molecule has 32 heavy (non-hydrogen) atoms. The van der Waals surface area contributed by atoms with E-state index in [-0.39, 0.29) is 28.1 Å². The van der Waals surface area contributed by atoms with Crippen LogP contribution in [-0.4, -0.2) is 41.4 Å². The zero-order chi connectivity index (χ0) is 24.6. The van der Waals surface area contributed by atoms with Gasteiger partial charge in [0, 0.05) is 23.5 Å². The maximum Gasteiger partial charge on any atom is 0.425 e. The number of rotatable bonds is 5. The van der Waals surface area contributed by atoms with Gasteiger partial charge in [-0.2, -0.15) is 4.57 Å². The van der Waals surface area contributed by atoms with Gasteiger partial charge in [0.15, 0.2) is 8.32 Å². The first-order valence-corrected chi connectivity index (χ1v) is 15.0. The van der Waals surface area contributed by atoms with Gasteiger partial charge < -0.3 is 13.9 Å². The minimum Gasteiger partial charge on any atom is -0.443 e. The lowest BCUT2D eigenvalue weighted by atomic mass is 10.1. The van der Waals surface area contributed by atoms with Crippen molar-refractivity contribution in [3.63, 3.8) is 0 Å². The predicted octanol–water partition coefficient (Wildman–Crippen LogP) is 4.78. The van der Waals surface area contributed by atoms with E-state index in [1.54, 1.807) is 20.8 Å². The average molecular weight is 534 g/mol. The largest absolute Gasteiger partial charge is 0.443 e. The Labute approximate surface area is 199 Å². The Morgan fingerprint density at radius 1 is 1.22 bits per heavy atom. The van der Waals surface area contributed by atoms with E-state index in [0.29, 0.717) is 11.0 Å². The Morgan fingerprint density at radius 2 is 1.81 bits per heavy atom. The Morgan fingerprint density at radius 3 is 2.28 bits per heavy atom. The first-order chi connectivity index (χ1) is 14.5. The first-order valence-electron chi connectivity index (χ1n) is 11.0. The highest BCUT2D eigenvalue weighted by Gasteiger charge is 2.45. The molecule has 10 heteroatoms. The number of hydrogen-bond acceptors (Lipinski definition) is 6. The van der Waals surface area contributed by atoms with E-state index in [9.17, 15) is 14.4 Å². The Bertz CT molecular complexity index is 957. The molecule has 1 unspecified atom stereocenters. The predicted molar refractivity (Wildman–Crippen MR) is 130 cm³/mol. The Hall–Kier alpha value is -1.23. The second-order valence-corrected chi connectivity index (χ2v) is 16.1. The Balaban J connectivity index is 2.47. The van der Waals surface area contributed by atoms with Gasteiger partial charge in [0.1, 0.15) is 11.8 Å². The molecule has 0 spiro atoms. The quantitative estimate of drug-likeness (QED) is 0.400. The molecule has 2 rings (SSSR count). The number of carbonyl (C=O) groups is 1. The van der Waals surface area contributed by atoms with Crippen LogP contribution in [0.15, 0.2) is 15.8 Å². The average Bonchev–Trinajstić information content (AvgIpc) is 3.01. The number of carbonyl (C=O) groups excluding carboxylic acids is 1. The van der Waals surface area contributed by atoms with Crippen LogP contribution in [0.5, 0.6) is 0 Å². The summed E-state index contributed by atoms with van der Waals surface area (Å²) in [5, 5.41) is 0.218. The highest BCUT2D eigenvalue weighted by atomic mass is 79.9. The zero-order valence-electron chi connectivity index (χ0n) is 20.7. The van der Waals surface area contributed by atoms with Crippen LogP contribution in [0.1, 0.15) is 73.1 Å². The topological polar surface area (TPSA) is 88.8 Å². The van der Waals surface area contributed by atoms with Crippen molar-refractivity contribution < 1.29 is 18.7 Å². The van der Waals surface area contributed by atoms with E-state index in [1.807, 2.05) is 6.92 Å². The lowest BCUT2D eigenvalue weighted by Gasteiger charge is -2.39. The molecule has 1 aliphatic heterocycles. The third-order valence-electron chi connectivity index (χ3n) is 6.05. The normalized spacial score (nSPS) is 22.2. The first kappa shape index (κ1) is 27.0. The van der Waals surface area contributed by atoms with Crippen LogP contribution in [0, 0.1) is 0 Å². The van der Waals surface area contributed by atoms with Gasteiger partial charge >= 0.3 is 11.8 Å². The van der Waals surface area contributed by atoms with E-state index in [1.165, 1.54) is 10.8 Å². The summed E-state index contributed by atoms with van der Waals surface area (Å²) in [5.41, 5.74) is -2.06. The molecule has 8 nitrogen and oxygen atoms in total. The highest BCUT2D eigenvalue weighted by molar-refractivity contribution is 9.08. The molecule has 0 saturated carbocycles. The van der Waals surface area contributed by atoms with Crippen LogP contribution in [0.2, 0.25) is 18.1 Å². The lowest BCUT2D eigenvalue weighted by Crippen LogP contribution is -2.47. The molecule has 182 valence electrons. The molecular weight excluding hydrogens is 496 g/mol. The van der Waals surface area contributed by atoms with Crippen molar-refractivity contribution in [1.29, 1.82) is 0 Å². The number of ether oxygens (including phenoxy) is 2. The van der Waals surface area contributed by atoms with Crippen LogP contribution in [0.25, 0.3) is 0 Å². The lowest BCUT2D eigenvalue weighted by molar-refractivity contribution is -0.0206. The monoisotopic (exact) mass is 532 g/mol. The molecule has 1 aliphatic rings. The van der Waals surface area contributed by atoms with Crippen LogP contribution >= 0.6 is 15.9 Å². The number of nitrogens with zero attached hydrogens (tertiary/aromatic N) is 2. The van der Waals surface area contributed by atoms with E-state index >= 15 is 0 Å². The van der Waals surface area contributed by atoms with Gasteiger partial charge in [0.25, 0.3) is 5.56 Å². The SMILES string of the molecule is CC[C@H]1O[C@@H](n2cc(CBr)c(=O)n(C(=O)OC(C)(C)C)c2=O)CC1O[Si](C)(C)C(C)(C)C. The Kier molecular flexibility index (Phi) is 8.07. The summed E-state index contributed by atoms with van der Waals surface area (Å²) in [4.78, 5) is 38.6. The maximum atomic E-state index is 13.2. The molecule has 2 heterocycles. The van der Waals surface area contributed by atoms with Crippen molar-refractivity contribution in [3.05, 3.63) is 32.6 Å².